The van der Waals surface area contributed by atoms with Gasteiger partial charge in [0.15, 0.2) is 0 Å². The van der Waals surface area contributed by atoms with Gasteiger partial charge in [0.2, 0.25) is 5.88 Å². The zero-order valence-corrected chi connectivity index (χ0v) is 21.8. The van der Waals surface area contributed by atoms with Crippen molar-refractivity contribution in [3.63, 3.8) is 0 Å². The van der Waals surface area contributed by atoms with Crippen LogP contribution in [0, 0.1) is 0 Å². The lowest BCUT2D eigenvalue weighted by atomic mass is 9.85. The number of hydrogen-bond acceptors (Lipinski definition) is 4. The zero-order valence-electron chi connectivity index (χ0n) is 21.8. The molecule has 1 aliphatic rings. The molecule has 0 unspecified atom stereocenters. The Morgan fingerprint density at radius 1 is 0.842 bits per heavy atom. The van der Waals surface area contributed by atoms with Gasteiger partial charge in [0.1, 0.15) is 22.8 Å². The summed E-state index contributed by atoms with van der Waals surface area (Å²) >= 11 is 0. The van der Waals surface area contributed by atoms with Crippen LogP contribution < -0.4 is 4.74 Å². The number of phenols is 1. The molecule has 0 radical (unpaired) electrons. The van der Waals surface area contributed by atoms with Gasteiger partial charge in [0, 0.05) is 34.5 Å². The van der Waals surface area contributed by atoms with Gasteiger partial charge in [0.25, 0.3) is 0 Å². The molecule has 0 aliphatic heterocycles. The summed E-state index contributed by atoms with van der Waals surface area (Å²) in [5, 5.41) is 13.8. The van der Waals surface area contributed by atoms with Crippen LogP contribution in [0.25, 0.3) is 38.5 Å². The third-order valence-corrected chi connectivity index (χ3v) is 7.52. The second kappa shape index (κ2) is 8.32. The molecule has 0 atom stereocenters. The first-order chi connectivity index (χ1) is 18.4. The van der Waals surface area contributed by atoms with Crippen molar-refractivity contribution in [3.8, 4) is 23.2 Å². The second-order valence-electron chi connectivity index (χ2n) is 11.3. The lowest BCUT2D eigenvalue weighted by molar-refractivity contribution is 0.457. The molecular weight excluding hydrogens is 470 g/mol. The highest BCUT2D eigenvalue weighted by Gasteiger charge is 2.25. The third kappa shape index (κ3) is 3.77. The number of rotatable bonds is 4. The van der Waals surface area contributed by atoms with Crippen molar-refractivity contribution in [1.82, 2.24) is 14.5 Å². The summed E-state index contributed by atoms with van der Waals surface area (Å²) in [4.78, 5) is 9.46. The molecule has 1 N–H and O–H groups in total. The highest BCUT2D eigenvalue weighted by atomic mass is 16.5. The van der Waals surface area contributed by atoms with E-state index in [1.165, 1.54) is 23.8 Å². The molecule has 1 saturated carbocycles. The topological polar surface area (TPSA) is 60.2 Å². The maximum Gasteiger partial charge on any atom is 0.220 e. The van der Waals surface area contributed by atoms with E-state index in [2.05, 4.69) is 73.9 Å². The number of para-hydroxylation sites is 2. The summed E-state index contributed by atoms with van der Waals surface area (Å²) < 4.78 is 8.61. The molecule has 7 rings (SSSR count). The molecule has 0 bridgehead atoms. The van der Waals surface area contributed by atoms with Gasteiger partial charge in [-0.1, -0.05) is 51.1 Å². The van der Waals surface area contributed by atoms with Crippen LogP contribution in [-0.4, -0.2) is 19.6 Å². The van der Waals surface area contributed by atoms with Gasteiger partial charge in [0.05, 0.1) is 11.0 Å². The number of pyridine rings is 2. The highest BCUT2D eigenvalue weighted by molar-refractivity contribution is 6.09. The minimum absolute atomic E-state index is 0.149. The van der Waals surface area contributed by atoms with Gasteiger partial charge >= 0.3 is 0 Å². The molecule has 3 aromatic heterocycles. The van der Waals surface area contributed by atoms with Crippen LogP contribution in [0.1, 0.15) is 50.7 Å². The average molecular weight is 500 g/mol. The summed E-state index contributed by atoms with van der Waals surface area (Å²) in [5.41, 5.74) is 4.97. The highest BCUT2D eigenvalue weighted by Crippen LogP contribution is 2.42. The van der Waals surface area contributed by atoms with Gasteiger partial charge in [-0.15, -0.1) is 0 Å². The van der Waals surface area contributed by atoms with Crippen molar-refractivity contribution >= 4 is 32.7 Å². The minimum Gasteiger partial charge on any atom is -0.506 e. The van der Waals surface area contributed by atoms with E-state index >= 15 is 0 Å². The molecule has 0 saturated heterocycles. The first kappa shape index (κ1) is 22.8. The van der Waals surface area contributed by atoms with Crippen LogP contribution in [0.2, 0.25) is 0 Å². The van der Waals surface area contributed by atoms with E-state index in [0.29, 0.717) is 23.1 Å². The van der Waals surface area contributed by atoms with E-state index < -0.39 is 0 Å². The van der Waals surface area contributed by atoms with Crippen molar-refractivity contribution in [3.05, 3.63) is 96.2 Å². The fraction of sp³-hybridized carbons (Fsp3) is 0.212. The van der Waals surface area contributed by atoms with E-state index in [1.807, 2.05) is 30.5 Å². The molecule has 0 spiro atoms. The molecule has 6 aromatic rings. The second-order valence-corrected chi connectivity index (χ2v) is 11.3. The van der Waals surface area contributed by atoms with Gasteiger partial charge in [-0.05, 0) is 71.7 Å². The number of hydrogen-bond donors (Lipinski definition) is 1. The predicted octanol–water partition coefficient (Wildman–Crippen LogP) is 8.40. The normalized spacial score (nSPS) is 14.0. The smallest absolute Gasteiger partial charge is 0.220 e. The Morgan fingerprint density at radius 3 is 2.45 bits per heavy atom. The molecule has 38 heavy (non-hydrogen) atoms. The first-order valence-corrected chi connectivity index (χ1v) is 13.2. The molecule has 1 fully saturated rings. The van der Waals surface area contributed by atoms with Crippen LogP contribution in [0.4, 0.5) is 0 Å². The van der Waals surface area contributed by atoms with Crippen LogP contribution in [0.3, 0.4) is 0 Å². The van der Waals surface area contributed by atoms with Crippen molar-refractivity contribution in [1.29, 1.82) is 0 Å². The number of aromatic hydroxyl groups is 1. The van der Waals surface area contributed by atoms with E-state index in [9.17, 15) is 5.11 Å². The van der Waals surface area contributed by atoms with Crippen molar-refractivity contribution < 1.29 is 9.84 Å². The third-order valence-electron chi connectivity index (χ3n) is 7.52. The van der Waals surface area contributed by atoms with Crippen LogP contribution in [0.15, 0.2) is 85.1 Å². The van der Waals surface area contributed by atoms with E-state index in [1.54, 1.807) is 6.07 Å². The van der Waals surface area contributed by atoms with Crippen LogP contribution >= 0.6 is 0 Å². The number of ether oxygens (including phenoxy) is 1. The molecule has 5 nitrogen and oxygen atoms in total. The summed E-state index contributed by atoms with van der Waals surface area (Å²) in [7, 11) is 0. The Kier molecular flexibility index (Phi) is 4.99. The maximum absolute atomic E-state index is 10.6. The Hall–Kier alpha value is -4.38. The molecule has 3 heterocycles. The first-order valence-electron chi connectivity index (χ1n) is 13.2. The fourth-order valence-electron chi connectivity index (χ4n) is 5.49. The van der Waals surface area contributed by atoms with Crippen molar-refractivity contribution in [2.45, 2.75) is 44.9 Å². The van der Waals surface area contributed by atoms with E-state index in [0.717, 1.165) is 33.2 Å². The average Bonchev–Trinajstić information content (AvgIpc) is 3.70. The number of phenolic OH excluding ortho intramolecular Hbond substituents is 1. The molecule has 5 heteroatoms. The quantitative estimate of drug-likeness (QED) is 0.265. The summed E-state index contributed by atoms with van der Waals surface area (Å²) in [5.74, 6) is 2.86. The van der Waals surface area contributed by atoms with Gasteiger partial charge in [-0.2, -0.15) is 0 Å². The number of aromatic nitrogens is 3. The molecule has 1 aliphatic carbocycles. The SMILES string of the molecule is CC(C)(C)c1cc(Oc2ccc3c4ccccc4n(-c4cc(C5CC5)ccn4)c3c2)nc2c(O)cccc12. The zero-order chi connectivity index (χ0) is 26.0. The number of benzene rings is 3. The maximum atomic E-state index is 10.6. The predicted molar refractivity (Wildman–Crippen MR) is 153 cm³/mol. The summed E-state index contributed by atoms with van der Waals surface area (Å²) in [6.07, 6.45) is 4.42. The Labute approximate surface area is 221 Å². The van der Waals surface area contributed by atoms with Crippen molar-refractivity contribution in [2.75, 3.05) is 0 Å². The van der Waals surface area contributed by atoms with Gasteiger partial charge < -0.3 is 9.84 Å². The monoisotopic (exact) mass is 499 g/mol. The lowest BCUT2D eigenvalue weighted by Crippen LogP contribution is -2.12. The number of nitrogens with zero attached hydrogens (tertiary/aromatic N) is 3. The molecule has 0 amide bonds. The van der Waals surface area contributed by atoms with E-state index in [-0.39, 0.29) is 11.2 Å². The summed E-state index contributed by atoms with van der Waals surface area (Å²) in [6.45, 7) is 6.47. The van der Waals surface area contributed by atoms with Crippen molar-refractivity contribution in [2.24, 2.45) is 0 Å². The Balaban J connectivity index is 1.39. The largest absolute Gasteiger partial charge is 0.506 e. The Bertz CT molecular complexity index is 1860. The van der Waals surface area contributed by atoms with Crippen LogP contribution in [-0.2, 0) is 5.41 Å². The molecular formula is C33H29N3O2. The van der Waals surface area contributed by atoms with Gasteiger partial charge in [-0.3, -0.25) is 4.57 Å². The number of fused-ring (bicyclic) bond motifs is 4. The standard InChI is InChI=1S/C33H29N3O2/c1-33(2,3)26-19-31(35-32-25(26)8-6-10-29(32)37)38-22-13-14-24-23-7-4-5-9-27(23)36(28(24)18-22)30-17-21(15-16-34-30)20-11-12-20/h4-10,13-20,37H,11-12H2,1-3H3. The van der Waals surface area contributed by atoms with Gasteiger partial charge in [-0.25, -0.2) is 9.97 Å². The Morgan fingerprint density at radius 2 is 1.63 bits per heavy atom. The lowest BCUT2D eigenvalue weighted by Gasteiger charge is -2.22. The van der Waals surface area contributed by atoms with Crippen LogP contribution in [0.5, 0.6) is 17.4 Å². The summed E-state index contributed by atoms with van der Waals surface area (Å²) in [6, 6.07) is 26.5. The molecule has 3 aromatic carbocycles. The fourth-order valence-corrected chi connectivity index (χ4v) is 5.49. The molecule has 188 valence electrons. The minimum atomic E-state index is -0.151. The van der Waals surface area contributed by atoms with E-state index in [4.69, 9.17) is 14.7 Å².